The molecule has 2 N–H and O–H groups in total. The number of morpholine rings is 1. The highest BCUT2D eigenvalue weighted by Crippen LogP contribution is 2.25. The highest BCUT2D eigenvalue weighted by atomic mass is 16.6. The number of amides is 1. The maximum Gasteiger partial charge on any atom is 0.274 e. The van der Waals surface area contributed by atoms with Crippen LogP contribution in [0.4, 0.5) is 11.4 Å². The van der Waals surface area contributed by atoms with Crippen molar-refractivity contribution in [3.8, 4) is 0 Å². The monoisotopic (exact) mass is 265 g/mol. The molecule has 7 heteroatoms. The Bertz CT molecular complexity index is 498. The van der Waals surface area contributed by atoms with Crippen molar-refractivity contribution >= 4 is 17.3 Å². The van der Waals surface area contributed by atoms with Gasteiger partial charge in [-0.3, -0.25) is 14.9 Å². The van der Waals surface area contributed by atoms with Gasteiger partial charge in [0.1, 0.15) is 6.10 Å². The van der Waals surface area contributed by atoms with E-state index in [-0.39, 0.29) is 11.6 Å². The third-order valence-corrected chi connectivity index (χ3v) is 2.98. The van der Waals surface area contributed by atoms with Crippen molar-refractivity contribution in [2.24, 2.45) is 0 Å². The summed E-state index contributed by atoms with van der Waals surface area (Å²) in [4.78, 5) is 22.3. The third-order valence-electron chi connectivity index (χ3n) is 2.98. The van der Waals surface area contributed by atoms with Gasteiger partial charge in [0.25, 0.3) is 11.6 Å². The van der Waals surface area contributed by atoms with Crippen LogP contribution < -0.4 is 10.6 Å². The van der Waals surface area contributed by atoms with Gasteiger partial charge in [-0.05, 0) is 13.0 Å². The first-order valence-electron chi connectivity index (χ1n) is 5.97. The van der Waals surface area contributed by atoms with E-state index in [0.717, 1.165) is 6.54 Å². The van der Waals surface area contributed by atoms with E-state index in [1.54, 1.807) is 19.1 Å². The highest BCUT2D eigenvalue weighted by Gasteiger charge is 2.23. The first-order chi connectivity index (χ1) is 9.09. The molecule has 0 radical (unpaired) electrons. The van der Waals surface area contributed by atoms with Gasteiger partial charge < -0.3 is 15.4 Å². The van der Waals surface area contributed by atoms with Crippen molar-refractivity contribution in [3.05, 3.63) is 33.9 Å². The molecule has 1 saturated heterocycles. The van der Waals surface area contributed by atoms with Gasteiger partial charge in [0, 0.05) is 19.2 Å². The van der Waals surface area contributed by atoms with Crippen LogP contribution in [0, 0.1) is 17.0 Å². The van der Waals surface area contributed by atoms with Crippen LogP contribution in [0.25, 0.3) is 0 Å². The summed E-state index contributed by atoms with van der Waals surface area (Å²) in [5, 5.41) is 16.5. The van der Waals surface area contributed by atoms with E-state index in [0.29, 0.717) is 24.4 Å². The predicted octanol–water partition coefficient (Wildman–Crippen LogP) is 0.830. The van der Waals surface area contributed by atoms with E-state index in [9.17, 15) is 14.9 Å². The van der Waals surface area contributed by atoms with Crippen LogP contribution in [-0.4, -0.2) is 36.6 Å². The van der Waals surface area contributed by atoms with Gasteiger partial charge in [0.05, 0.1) is 22.8 Å². The molecule has 1 unspecified atom stereocenters. The molecule has 1 aromatic carbocycles. The lowest BCUT2D eigenvalue weighted by atomic mass is 10.1. The third kappa shape index (κ3) is 3.07. The van der Waals surface area contributed by atoms with Crippen molar-refractivity contribution in [3.63, 3.8) is 0 Å². The Labute approximate surface area is 110 Å². The van der Waals surface area contributed by atoms with Crippen LogP contribution in [0.2, 0.25) is 0 Å². The number of nitro benzene ring substituents is 1. The predicted molar refractivity (Wildman–Crippen MR) is 69.1 cm³/mol. The Hall–Kier alpha value is -1.99. The van der Waals surface area contributed by atoms with Crippen molar-refractivity contribution in [1.82, 2.24) is 5.32 Å². The number of ether oxygens (including phenoxy) is 1. The number of anilines is 1. The lowest BCUT2D eigenvalue weighted by Gasteiger charge is -2.23. The zero-order chi connectivity index (χ0) is 13.8. The van der Waals surface area contributed by atoms with E-state index in [2.05, 4.69) is 10.6 Å². The molecule has 102 valence electrons. The Balaban J connectivity index is 2.12. The second-order valence-corrected chi connectivity index (χ2v) is 4.26. The molecule has 1 aromatic rings. The molecule has 0 spiro atoms. The van der Waals surface area contributed by atoms with Crippen LogP contribution in [0.3, 0.4) is 0 Å². The van der Waals surface area contributed by atoms with Gasteiger partial charge >= 0.3 is 0 Å². The number of benzene rings is 1. The summed E-state index contributed by atoms with van der Waals surface area (Å²) in [6.07, 6.45) is -0.563. The molecule has 1 aliphatic rings. The van der Waals surface area contributed by atoms with Gasteiger partial charge in [0.15, 0.2) is 0 Å². The van der Waals surface area contributed by atoms with Crippen LogP contribution in [0.1, 0.15) is 5.56 Å². The Kier molecular flexibility index (Phi) is 4.08. The molecule has 7 nitrogen and oxygen atoms in total. The Morgan fingerprint density at radius 2 is 2.37 bits per heavy atom. The lowest BCUT2D eigenvalue weighted by Crippen LogP contribution is -2.45. The van der Waals surface area contributed by atoms with Crippen LogP contribution in [-0.2, 0) is 9.53 Å². The standard InChI is InChI=1S/C12H15N3O4/c1-8-9(3-2-4-10(8)15(17)18)14-12(16)11-7-13-5-6-19-11/h2-4,11,13H,5-7H2,1H3,(H,14,16). The quantitative estimate of drug-likeness (QED) is 0.623. The van der Waals surface area contributed by atoms with Gasteiger partial charge in [-0.1, -0.05) is 6.07 Å². The number of nitrogens with one attached hydrogen (secondary N) is 2. The zero-order valence-corrected chi connectivity index (χ0v) is 10.5. The topological polar surface area (TPSA) is 93.5 Å². The molecule has 1 fully saturated rings. The fraction of sp³-hybridized carbons (Fsp3) is 0.417. The largest absolute Gasteiger partial charge is 0.366 e. The minimum atomic E-state index is -0.563. The van der Waals surface area contributed by atoms with Crippen molar-refractivity contribution in [1.29, 1.82) is 0 Å². The van der Waals surface area contributed by atoms with Gasteiger partial charge in [0.2, 0.25) is 0 Å². The summed E-state index contributed by atoms with van der Waals surface area (Å²) < 4.78 is 5.32. The fourth-order valence-electron chi connectivity index (χ4n) is 1.90. The Morgan fingerprint density at radius 1 is 1.58 bits per heavy atom. The molecular formula is C12H15N3O4. The molecule has 1 aliphatic heterocycles. The summed E-state index contributed by atoms with van der Waals surface area (Å²) in [5.41, 5.74) is 0.860. The Morgan fingerprint density at radius 3 is 3.00 bits per heavy atom. The number of nitro groups is 1. The highest BCUT2D eigenvalue weighted by molar-refractivity contribution is 5.95. The summed E-state index contributed by atoms with van der Waals surface area (Å²) >= 11 is 0. The molecule has 19 heavy (non-hydrogen) atoms. The molecular weight excluding hydrogens is 250 g/mol. The number of carbonyl (C=O) groups is 1. The minimum Gasteiger partial charge on any atom is -0.366 e. The number of nitrogens with zero attached hydrogens (tertiary/aromatic N) is 1. The molecule has 0 aromatic heterocycles. The van der Waals surface area contributed by atoms with Gasteiger partial charge in [-0.25, -0.2) is 0 Å². The molecule has 1 heterocycles. The smallest absolute Gasteiger partial charge is 0.274 e. The number of hydrogen-bond acceptors (Lipinski definition) is 5. The average Bonchev–Trinajstić information content (AvgIpc) is 2.41. The summed E-state index contributed by atoms with van der Waals surface area (Å²) in [7, 11) is 0. The summed E-state index contributed by atoms with van der Waals surface area (Å²) in [5.74, 6) is -0.296. The fourth-order valence-corrected chi connectivity index (χ4v) is 1.90. The number of carbonyl (C=O) groups excluding carboxylic acids is 1. The maximum atomic E-state index is 12.0. The minimum absolute atomic E-state index is 0.0134. The molecule has 0 saturated carbocycles. The maximum absolute atomic E-state index is 12.0. The normalized spacial score (nSPS) is 18.9. The second-order valence-electron chi connectivity index (χ2n) is 4.26. The zero-order valence-electron chi connectivity index (χ0n) is 10.5. The van der Waals surface area contributed by atoms with Crippen LogP contribution in [0.5, 0.6) is 0 Å². The van der Waals surface area contributed by atoms with E-state index < -0.39 is 11.0 Å². The molecule has 1 atom stereocenters. The van der Waals surface area contributed by atoms with E-state index in [1.807, 2.05) is 0 Å². The van der Waals surface area contributed by atoms with Gasteiger partial charge in [-0.15, -0.1) is 0 Å². The van der Waals surface area contributed by atoms with Crippen molar-refractivity contribution < 1.29 is 14.5 Å². The van der Waals surface area contributed by atoms with Crippen molar-refractivity contribution in [2.45, 2.75) is 13.0 Å². The van der Waals surface area contributed by atoms with Gasteiger partial charge in [-0.2, -0.15) is 0 Å². The summed E-state index contributed by atoms with van der Waals surface area (Å²) in [6, 6.07) is 4.58. The van der Waals surface area contributed by atoms with Crippen LogP contribution >= 0.6 is 0 Å². The molecule has 2 rings (SSSR count). The van der Waals surface area contributed by atoms with Crippen molar-refractivity contribution in [2.75, 3.05) is 25.0 Å². The van der Waals surface area contributed by atoms with Crippen LogP contribution in [0.15, 0.2) is 18.2 Å². The lowest BCUT2D eigenvalue weighted by molar-refractivity contribution is -0.385. The first-order valence-corrected chi connectivity index (χ1v) is 5.97. The molecule has 0 aliphatic carbocycles. The molecule has 0 bridgehead atoms. The SMILES string of the molecule is Cc1c(NC(=O)C2CNCCO2)cccc1[N+](=O)[O-]. The van der Waals surface area contributed by atoms with E-state index in [4.69, 9.17) is 4.74 Å². The molecule has 1 amide bonds. The van der Waals surface area contributed by atoms with E-state index in [1.165, 1.54) is 6.07 Å². The average molecular weight is 265 g/mol. The second kappa shape index (κ2) is 5.77. The first kappa shape index (κ1) is 13.4. The number of rotatable bonds is 3. The summed E-state index contributed by atoms with van der Waals surface area (Å²) in [6.45, 7) is 3.25. The number of hydrogen-bond donors (Lipinski definition) is 2. The van der Waals surface area contributed by atoms with E-state index >= 15 is 0 Å².